The van der Waals surface area contributed by atoms with E-state index in [0.717, 1.165) is 15.6 Å². The summed E-state index contributed by atoms with van der Waals surface area (Å²) in [6.45, 7) is 0.312. The van der Waals surface area contributed by atoms with Crippen molar-refractivity contribution in [1.29, 1.82) is 0 Å². The van der Waals surface area contributed by atoms with E-state index in [2.05, 4.69) is 21.4 Å². The number of rotatable bonds is 6. The molecule has 4 nitrogen and oxygen atoms in total. The molecular weight excluding hydrogens is 403 g/mol. The third-order valence-corrected chi connectivity index (χ3v) is 4.43. The minimum Gasteiger partial charge on any atom is -0.486 e. The minimum absolute atomic E-state index is 0.226. The van der Waals surface area contributed by atoms with E-state index in [0.29, 0.717) is 35.2 Å². The van der Waals surface area contributed by atoms with Crippen LogP contribution in [0.1, 0.15) is 17.5 Å². The van der Waals surface area contributed by atoms with Crippen molar-refractivity contribution < 1.29 is 9.53 Å². The molecule has 7 heteroatoms. The quantitative estimate of drug-likeness (QED) is 0.419. The molecule has 0 fully saturated rings. The number of benzene rings is 2. The number of hydrogen-bond acceptors (Lipinski definition) is 3. The van der Waals surface area contributed by atoms with Crippen molar-refractivity contribution in [3.05, 3.63) is 62.0 Å². The predicted molar refractivity (Wildman–Crippen MR) is 95.6 cm³/mol. The lowest BCUT2D eigenvalue weighted by Gasteiger charge is -2.13. The summed E-state index contributed by atoms with van der Waals surface area (Å²) in [6, 6.07) is 11.1. The number of nitrogens with one attached hydrogen (secondary N) is 1. The van der Waals surface area contributed by atoms with Gasteiger partial charge >= 0.3 is 0 Å². The second-order valence-electron chi connectivity index (χ2n) is 4.84. The van der Waals surface area contributed by atoms with Crippen LogP contribution in [-0.2, 0) is 17.8 Å². The number of aryl methyl sites for hydroxylation is 1. The molecule has 1 amide bonds. The van der Waals surface area contributed by atoms with Crippen LogP contribution in [-0.4, -0.2) is 5.91 Å². The van der Waals surface area contributed by atoms with E-state index in [-0.39, 0.29) is 5.91 Å². The van der Waals surface area contributed by atoms with Gasteiger partial charge in [-0.3, -0.25) is 10.2 Å². The maximum atomic E-state index is 11.2. The lowest BCUT2D eigenvalue weighted by molar-refractivity contribution is -0.121. The predicted octanol–water partition coefficient (Wildman–Crippen LogP) is 4.26. The molecule has 2 rings (SSSR count). The fraction of sp³-hybridized carbons (Fsp3) is 0.188. The number of ether oxygens (including phenoxy) is 1. The van der Waals surface area contributed by atoms with Crippen LogP contribution >= 0.6 is 39.1 Å². The Morgan fingerprint density at radius 1 is 1.22 bits per heavy atom. The van der Waals surface area contributed by atoms with Gasteiger partial charge in [0.25, 0.3) is 0 Å². The molecule has 0 saturated heterocycles. The molecule has 0 aromatic heterocycles. The van der Waals surface area contributed by atoms with Crippen molar-refractivity contribution in [2.75, 3.05) is 0 Å². The van der Waals surface area contributed by atoms with Crippen LogP contribution < -0.4 is 16.0 Å². The highest BCUT2D eigenvalue weighted by Crippen LogP contribution is 2.35. The van der Waals surface area contributed by atoms with Gasteiger partial charge in [0.2, 0.25) is 5.91 Å². The molecule has 0 aliphatic carbocycles. The summed E-state index contributed by atoms with van der Waals surface area (Å²) in [4.78, 5) is 11.2. The van der Waals surface area contributed by atoms with Gasteiger partial charge in [-0.25, -0.2) is 5.84 Å². The average molecular weight is 418 g/mol. The van der Waals surface area contributed by atoms with Crippen LogP contribution in [0.4, 0.5) is 0 Å². The molecule has 2 aromatic rings. The van der Waals surface area contributed by atoms with Gasteiger partial charge in [-0.1, -0.05) is 41.4 Å². The molecular formula is C16H15BrCl2N2O2. The monoisotopic (exact) mass is 416 g/mol. The normalized spacial score (nSPS) is 10.4. The van der Waals surface area contributed by atoms with Crippen molar-refractivity contribution in [1.82, 2.24) is 5.43 Å². The van der Waals surface area contributed by atoms with E-state index in [9.17, 15) is 4.79 Å². The van der Waals surface area contributed by atoms with Crippen LogP contribution in [0.3, 0.4) is 0 Å². The van der Waals surface area contributed by atoms with Gasteiger partial charge in [0.15, 0.2) is 5.75 Å². The number of hydrogen-bond donors (Lipinski definition) is 2. The Morgan fingerprint density at radius 2 is 1.96 bits per heavy atom. The summed E-state index contributed by atoms with van der Waals surface area (Å²) in [7, 11) is 0. The smallest absolute Gasteiger partial charge is 0.234 e. The summed E-state index contributed by atoms with van der Waals surface area (Å²) in [5.74, 6) is 5.38. The highest BCUT2D eigenvalue weighted by molar-refractivity contribution is 9.10. The van der Waals surface area contributed by atoms with Crippen LogP contribution in [0.25, 0.3) is 0 Å². The highest BCUT2D eigenvalue weighted by atomic mass is 79.9. The second-order valence-corrected chi connectivity index (χ2v) is 6.50. The fourth-order valence-corrected chi connectivity index (χ4v) is 3.21. The maximum absolute atomic E-state index is 11.2. The van der Waals surface area contributed by atoms with Crippen molar-refractivity contribution in [2.24, 2.45) is 5.84 Å². The average Bonchev–Trinajstić information content (AvgIpc) is 2.53. The first kappa shape index (κ1) is 18.1. The molecule has 122 valence electrons. The van der Waals surface area contributed by atoms with Crippen molar-refractivity contribution in [2.45, 2.75) is 19.4 Å². The van der Waals surface area contributed by atoms with E-state index in [1.807, 2.05) is 30.3 Å². The Bertz CT molecular complexity index is 687. The number of hydrazine groups is 1. The molecule has 23 heavy (non-hydrogen) atoms. The number of carbonyl (C=O) groups excluding carboxylic acids is 1. The zero-order chi connectivity index (χ0) is 16.8. The Morgan fingerprint density at radius 3 is 2.61 bits per heavy atom. The summed E-state index contributed by atoms with van der Waals surface area (Å²) in [5.41, 5.74) is 3.89. The lowest BCUT2D eigenvalue weighted by atomic mass is 10.1. The topological polar surface area (TPSA) is 64.3 Å². The van der Waals surface area contributed by atoms with Gasteiger partial charge in [-0.05, 0) is 46.1 Å². The Hall–Kier alpha value is -1.27. The van der Waals surface area contributed by atoms with Crippen LogP contribution in [0.2, 0.25) is 10.0 Å². The van der Waals surface area contributed by atoms with Crippen LogP contribution in [0.15, 0.2) is 40.9 Å². The molecule has 2 aromatic carbocycles. The third-order valence-electron chi connectivity index (χ3n) is 3.19. The first-order valence-corrected chi connectivity index (χ1v) is 8.39. The molecule has 0 atom stereocenters. The first-order valence-electron chi connectivity index (χ1n) is 6.85. The van der Waals surface area contributed by atoms with Crippen molar-refractivity contribution in [3.63, 3.8) is 0 Å². The van der Waals surface area contributed by atoms with Gasteiger partial charge in [-0.15, -0.1) is 0 Å². The molecule has 0 unspecified atom stereocenters. The molecule has 0 heterocycles. The lowest BCUT2D eigenvalue weighted by Crippen LogP contribution is -2.30. The standard InChI is InChI=1S/C16H15BrCl2N2O2/c17-12-7-10(5-6-15(22)21-20)8-14(19)16(12)23-9-11-3-1-2-4-13(11)18/h1-4,7-8H,5-6,9,20H2,(H,21,22). The van der Waals surface area contributed by atoms with Crippen molar-refractivity contribution in [3.8, 4) is 5.75 Å². The van der Waals surface area contributed by atoms with Crippen LogP contribution in [0, 0.1) is 0 Å². The summed E-state index contributed by atoms with van der Waals surface area (Å²) in [6.07, 6.45) is 0.825. The zero-order valence-corrected chi connectivity index (χ0v) is 15.2. The molecule has 0 aliphatic heterocycles. The maximum Gasteiger partial charge on any atom is 0.234 e. The SMILES string of the molecule is NNC(=O)CCc1cc(Cl)c(OCc2ccccc2Cl)c(Br)c1. The van der Waals surface area contributed by atoms with Crippen molar-refractivity contribution >= 4 is 45.0 Å². The summed E-state index contributed by atoms with van der Waals surface area (Å²) < 4.78 is 6.50. The number of carbonyl (C=O) groups is 1. The van der Waals surface area contributed by atoms with E-state index in [4.69, 9.17) is 33.8 Å². The van der Waals surface area contributed by atoms with E-state index in [1.165, 1.54) is 0 Å². The first-order chi connectivity index (χ1) is 11.0. The molecule has 0 saturated carbocycles. The largest absolute Gasteiger partial charge is 0.486 e. The highest BCUT2D eigenvalue weighted by Gasteiger charge is 2.11. The molecule has 0 radical (unpaired) electrons. The molecule has 0 aliphatic rings. The van der Waals surface area contributed by atoms with Gasteiger partial charge in [0.05, 0.1) is 9.50 Å². The molecule has 3 N–H and O–H groups in total. The Kier molecular flexibility index (Phi) is 6.72. The van der Waals surface area contributed by atoms with E-state index >= 15 is 0 Å². The number of nitrogens with two attached hydrogens (primary N) is 1. The van der Waals surface area contributed by atoms with Crippen LogP contribution in [0.5, 0.6) is 5.75 Å². The number of amides is 1. The van der Waals surface area contributed by atoms with Gasteiger partial charge in [0.1, 0.15) is 6.61 Å². The molecule has 0 bridgehead atoms. The summed E-state index contributed by atoms with van der Waals surface area (Å²) in [5, 5.41) is 1.11. The van der Waals surface area contributed by atoms with Gasteiger partial charge < -0.3 is 4.74 Å². The van der Waals surface area contributed by atoms with E-state index in [1.54, 1.807) is 6.07 Å². The van der Waals surface area contributed by atoms with Gasteiger partial charge in [0, 0.05) is 17.0 Å². The molecule has 0 spiro atoms. The van der Waals surface area contributed by atoms with E-state index < -0.39 is 0 Å². The third kappa shape index (κ3) is 5.11. The Labute approximate surface area is 153 Å². The minimum atomic E-state index is -0.226. The number of halogens is 3. The Balaban J connectivity index is 2.08. The zero-order valence-electron chi connectivity index (χ0n) is 12.1. The van der Waals surface area contributed by atoms with Gasteiger partial charge in [-0.2, -0.15) is 0 Å². The fourth-order valence-electron chi connectivity index (χ4n) is 1.99. The summed E-state index contributed by atoms with van der Waals surface area (Å²) >= 11 is 15.8. The second kappa shape index (κ2) is 8.55.